The van der Waals surface area contributed by atoms with E-state index in [0.717, 1.165) is 11.0 Å². The summed E-state index contributed by atoms with van der Waals surface area (Å²) in [5, 5.41) is 1.25. The highest BCUT2D eigenvalue weighted by Crippen LogP contribution is 2.20. The maximum absolute atomic E-state index is 5.77. The zero-order valence-corrected chi connectivity index (χ0v) is 9.66. The molecule has 1 heterocycles. The predicted octanol–water partition coefficient (Wildman–Crippen LogP) is 2.75. The number of nitrogens with zero attached hydrogens (tertiary/aromatic N) is 1. The number of hydrogen-bond acceptors (Lipinski definition) is 1. The number of fused-ring (bicyclic) bond motifs is 1. The van der Waals surface area contributed by atoms with Crippen LogP contribution >= 0.6 is 15.9 Å². The molecule has 2 aromatic rings. The second-order valence-corrected chi connectivity index (χ2v) is 4.56. The fraction of sp³-hybridized carbons (Fsp3) is 0.273. The summed E-state index contributed by atoms with van der Waals surface area (Å²) >= 11 is 3.46. The summed E-state index contributed by atoms with van der Waals surface area (Å²) in [6.07, 6.45) is 2.08. The SMILES string of the molecule is C[C@H](N)Cn1ccc2cc(Br)ccc21. The van der Waals surface area contributed by atoms with E-state index >= 15 is 0 Å². The van der Waals surface area contributed by atoms with Gasteiger partial charge >= 0.3 is 0 Å². The lowest BCUT2D eigenvalue weighted by Crippen LogP contribution is -2.21. The van der Waals surface area contributed by atoms with Crippen LogP contribution in [0.2, 0.25) is 0 Å². The van der Waals surface area contributed by atoms with Crippen molar-refractivity contribution in [2.45, 2.75) is 19.5 Å². The van der Waals surface area contributed by atoms with E-state index in [0.29, 0.717) is 0 Å². The minimum Gasteiger partial charge on any atom is -0.346 e. The molecule has 0 saturated carbocycles. The van der Waals surface area contributed by atoms with Crippen LogP contribution in [-0.2, 0) is 6.54 Å². The van der Waals surface area contributed by atoms with Crippen molar-refractivity contribution in [2.24, 2.45) is 5.73 Å². The topological polar surface area (TPSA) is 30.9 Å². The summed E-state index contributed by atoms with van der Waals surface area (Å²) in [5.41, 5.74) is 7.02. The molecule has 0 aliphatic rings. The first-order valence-corrected chi connectivity index (χ1v) is 5.46. The van der Waals surface area contributed by atoms with Crippen LogP contribution in [0.15, 0.2) is 34.9 Å². The molecule has 0 aliphatic heterocycles. The molecule has 1 aromatic heterocycles. The van der Waals surface area contributed by atoms with Crippen LogP contribution in [0.25, 0.3) is 10.9 Å². The van der Waals surface area contributed by atoms with Gasteiger partial charge in [-0.15, -0.1) is 0 Å². The van der Waals surface area contributed by atoms with Crippen LogP contribution in [0, 0.1) is 0 Å². The summed E-state index contributed by atoms with van der Waals surface area (Å²) in [6.45, 7) is 2.88. The molecule has 2 N–H and O–H groups in total. The van der Waals surface area contributed by atoms with Gasteiger partial charge in [0.25, 0.3) is 0 Å². The summed E-state index contributed by atoms with van der Waals surface area (Å²) in [7, 11) is 0. The summed E-state index contributed by atoms with van der Waals surface area (Å²) in [5.74, 6) is 0. The molecule has 0 fully saturated rings. The molecule has 0 amide bonds. The number of halogens is 1. The lowest BCUT2D eigenvalue weighted by atomic mass is 10.2. The van der Waals surface area contributed by atoms with Gasteiger partial charge in [-0.1, -0.05) is 15.9 Å². The summed E-state index contributed by atoms with van der Waals surface area (Å²) in [6, 6.07) is 8.59. The second kappa shape index (κ2) is 3.75. The smallest absolute Gasteiger partial charge is 0.0481 e. The van der Waals surface area contributed by atoms with Crippen molar-refractivity contribution in [3.8, 4) is 0 Å². The highest BCUT2D eigenvalue weighted by Gasteiger charge is 2.02. The molecule has 1 atom stereocenters. The van der Waals surface area contributed by atoms with Gasteiger partial charge in [0.05, 0.1) is 0 Å². The molecule has 2 nitrogen and oxygen atoms in total. The van der Waals surface area contributed by atoms with E-state index in [1.54, 1.807) is 0 Å². The van der Waals surface area contributed by atoms with E-state index in [-0.39, 0.29) is 6.04 Å². The Morgan fingerprint density at radius 2 is 2.21 bits per heavy atom. The minimum atomic E-state index is 0.189. The largest absolute Gasteiger partial charge is 0.346 e. The van der Waals surface area contributed by atoms with Crippen LogP contribution in [0.3, 0.4) is 0 Å². The first kappa shape index (κ1) is 9.74. The standard InChI is InChI=1S/C11H13BrN2/c1-8(13)7-14-5-4-9-6-10(12)2-3-11(9)14/h2-6,8H,7,13H2,1H3/t8-/m0/s1. The quantitative estimate of drug-likeness (QED) is 0.876. The Kier molecular flexibility index (Phi) is 2.61. The average Bonchev–Trinajstić information content (AvgIpc) is 2.47. The number of nitrogens with two attached hydrogens (primary N) is 1. The molecular formula is C11H13BrN2. The van der Waals surface area contributed by atoms with E-state index < -0.39 is 0 Å². The molecule has 1 aromatic carbocycles. The molecule has 0 bridgehead atoms. The fourth-order valence-electron chi connectivity index (χ4n) is 1.64. The number of aromatic nitrogens is 1. The molecule has 14 heavy (non-hydrogen) atoms. The van der Waals surface area contributed by atoms with E-state index in [1.165, 1.54) is 10.9 Å². The van der Waals surface area contributed by atoms with Crippen molar-refractivity contribution in [2.75, 3.05) is 0 Å². The van der Waals surface area contributed by atoms with Gasteiger partial charge in [-0.2, -0.15) is 0 Å². The van der Waals surface area contributed by atoms with Crippen molar-refractivity contribution in [1.82, 2.24) is 4.57 Å². The van der Waals surface area contributed by atoms with E-state index in [4.69, 9.17) is 5.73 Å². The van der Waals surface area contributed by atoms with Crippen molar-refractivity contribution in [1.29, 1.82) is 0 Å². The molecular weight excluding hydrogens is 240 g/mol. The minimum absolute atomic E-state index is 0.189. The second-order valence-electron chi connectivity index (χ2n) is 3.65. The van der Waals surface area contributed by atoms with Crippen molar-refractivity contribution in [3.05, 3.63) is 34.9 Å². The molecule has 0 spiro atoms. The predicted molar refractivity (Wildman–Crippen MR) is 63.3 cm³/mol. The maximum Gasteiger partial charge on any atom is 0.0481 e. The average molecular weight is 253 g/mol. The van der Waals surface area contributed by atoms with Crippen LogP contribution in [-0.4, -0.2) is 10.6 Å². The number of rotatable bonds is 2. The third-order valence-corrected chi connectivity index (χ3v) is 2.71. The van der Waals surface area contributed by atoms with Gasteiger partial charge in [0.2, 0.25) is 0 Å². The molecule has 0 saturated heterocycles. The normalized spacial score (nSPS) is 13.4. The molecule has 2 rings (SSSR count). The first-order valence-electron chi connectivity index (χ1n) is 4.67. The Hall–Kier alpha value is -0.800. The van der Waals surface area contributed by atoms with Crippen LogP contribution < -0.4 is 5.73 Å². The Labute approximate surface area is 91.8 Å². The third-order valence-electron chi connectivity index (χ3n) is 2.22. The van der Waals surface area contributed by atoms with Gasteiger partial charge in [-0.25, -0.2) is 0 Å². The van der Waals surface area contributed by atoms with Crippen LogP contribution in [0.5, 0.6) is 0 Å². The highest BCUT2D eigenvalue weighted by atomic mass is 79.9. The lowest BCUT2D eigenvalue weighted by molar-refractivity contribution is 0.605. The van der Waals surface area contributed by atoms with Crippen LogP contribution in [0.1, 0.15) is 6.92 Å². The first-order chi connectivity index (χ1) is 6.66. The van der Waals surface area contributed by atoms with Crippen molar-refractivity contribution < 1.29 is 0 Å². The van der Waals surface area contributed by atoms with Crippen molar-refractivity contribution in [3.63, 3.8) is 0 Å². The van der Waals surface area contributed by atoms with Gasteiger partial charge in [-0.05, 0) is 31.2 Å². The van der Waals surface area contributed by atoms with Gasteiger partial charge in [0.1, 0.15) is 0 Å². The Morgan fingerprint density at radius 1 is 1.43 bits per heavy atom. The molecule has 0 unspecified atom stereocenters. The van der Waals surface area contributed by atoms with E-state index in [1.807, 2.05) is 6.92 Å². The van der Waals surface area contributed by atoms with E-state index in [9.17, 15) is 0 Å². The number of benzene rings is 1. The van der Waals surface area contributed by atoms with Crippen LogP contribution in [0.4, 0.5) is 0 Å². The van der Waals surface area contributed by atoms with E-state index in [2.05, 4.69) is 51.0 Å². The molecule has 0 radical (unpaired) electrons. The summed E-state index contributed by atoms with van der Waals surface area (Å²) < 4.78 is 3.30. The molecule has 0 aliphatic carbocycles. The Morgan fingerprint density at radius 3 is 2.93 bits per heavy atom. The van der Waals surface area contributed by atoms with Gasteiger partial charge in [0.15, 0.2) is 0 Å². The third kappa shape index (κ3) is 1.83. The van der Waals surface area contributed by atoms with Gasteiger partial charge in [0, 0.05) is 34.2 Å². The molecule has 3 heteroatoms. The van der Waals surface area contributed by atoms with Crippen molar-refractivity contribution >= 4 is 26.8 Å². The van der Waals surface area contributed by atoms with Gasteiger partial charge in [-0.3, -0.25) is 0 Å². The zero-order valence-electron chi connectivity index (χ0n) is 8.07. The maximum atomic E-state index is 5.77. The Bertz CT molecular complexity index is 445. The summed E-state index contributed by atoms with van der Waals surface area (Å²) in [4.78, 5) is 0. The monoisotopic (exact) mass is 252 g/mol. The lowest BCUT2D eigenvalue weighted by Gasteiger charge is -2.08. The highest BCUT2D eigenvalue weighted by molar-refractivity contribution is 9.10. The fourth-order valence-corrected chi connectivity index (χ4v) is 2.02. The molecule has 74 valence electrons. The van der Waals surface area contributed by atoms with Gasteiger partial charge < -0.3 is 10.3 Å². The zero-order chi connectivity index (χ0) is 10.1. The number of hydrogen-bond donors (Lipinski definition) is 1. The Balaban J connectivity index is 2.47.